The smallest absolute Gasteiger partial charge is 0.229 e. The van der Waals surface area contributed by atoms with Crippen molar-refractivity contribution in [2.45, 2.75) is 26.7 Å². The zero-order valence-corrected chi connectivity index (χ0v) is 14.7. The predicted molar refractivity (Wildman–Crippen MR) is 96.5 cm³/mol. The molecule has 2 aromatic rings. The summed E-state index contributed by atoms with van der Waals surface area (Å²) in [6.45, 7) is 5.47. The third-order valence-corrected chi connectivity index (χ3v) is 4.49. The summed E-state index contributed by atoms with van der Waals surface area (Å²) in [5.74, 6) is 0.394. The highest BCUT2D eigenvalue weighted by atomic mass is 35.5. The number of nitrogens with one attached hydrogen (secondary N) is 1. The minimum atomic E-state index is -0.00940. The molecule has 0 radical (unpaired) electrons. The lowest BCUT2D eigenvalue weighted by Crippen LogP contribution is -2.38. The Balaban J connectivity index is 1.59. The molecule has 1 aromatic heterocycles. The van der Waals surface area contributed by atoms with Crippen molar-refractivity contribution < 1.29 is 4.79 Å². The fraction of sp³-hybridized carbons (Fsp3) is 0.389. The van der Waals surface area contributed by atoms with Crippen molar-refractivity contribution in [3.63, 3.8) is 0 Å². The van der Waals surface area contributed by atoms with Crippen LogP contribution in [0.3, 0.4) is 0 Å². The van der Waals surface area contributed by atoms with Crippen molar-refractivity contribution in [1.29, 1.82) is 0 Å². The van der Waals surface area contributed by atoms with Gasteiger partial charge in [-0.2, -0.15) is 0 Å². The molecule has 126 valence electrons. The Kier molecular flexibility index (Phi) is 5.00. The molecule has 6 heteroatoms. The van der Waals surface area contributed by atoms with E-state index in [2.05, 4.69) is 26.3 Å². The Morgan fingerprint density at radius 1 is 1.17 bits per heavy atom. The van der Waals surface area contributed by atoms with E-state index in [0.29, 0.717) is 5.95 Å². The second-order valence-electron chi connectivity index (χ2n) is 6.20. The van der Waals surface area contributed by atoms with Gasteiger partial charge in [0.05, 0.1) is 0 Å². The summed E-state index contributed by atoms with van der Waals surface area (Å²) in [6, 6.07) is 9.73. The number of carbonyl (C=O) groups is 1. The van der Waals surface area contributed by atoms with Gasteiger partial charge in [-0.05, 0) is 51.0 Å². The highest BCUT2D eigenvalue weighted by Crippen LogP contribution is 2.26. The maximum absolute atomic E-state index is 12.5. The minimum absolute atomic E-state index is 0.00532. The summed E-state index contributed by atoms with van der Waals surface area (Å²) in [5.41, 5.74) is 2.82. The third kappa shape index (κ3) is 4.03. The molecule has 1 fully saturated rings. The molecule has 1 amide bonds. The van der Waals surface area contributed by atoms with E-state index in [1.165, 1.54) is 0 Å². The van der Waals surface area contributed by atoms with Crippen LogP contribution in [0.15, 0.2) is 30.3 Å². The van der Waals surface area contributed by atoms with Gasteiger partial charge in [-0.3, -0.25) is 10.1 Å². The molecular formula is C18H21ClN4O. The number of piperidine rings is 1. The van der Waals surface area contributed by atoms with Crippen LogP contribution in [-0.2, 0) is 4.79 Å². The number of rotatable bonds is 3. The average molecular weight is 345 g/mol. The molecule has 1 N–H and O–H groups in total. The van der Waals surface area contributed by atoms with Crippen molar-refractivity contribution >= 4 is 29.1 Å². The molecule has 1 saturated heterocycles. The van der Waals surface area contributed by atoms with E-state index < -0.39 is 0 Å². The number of anilines is 2. The van der Waals surface area contributed by atoms with Crippen LogP contribution < -0.4 is 10.2 Å². The Morgan fingerprint density at radius 3 is 2.46 bits per heavy atom. The van der Waals surface area contributed by atoms with E-state index in [4.69, 9.17) is 11.6 Å². The van der Waals surface area contributed by atoms with Gasteiger partial charge < -0.3 is 4.90 Å². The highest BCUT2D eigenvalue weighted by molar-refractivity contribution is 6.30. The largest absolute Gasteiger partial charge is 0.371 e. The number of aryl methyl sites for hydroxylation is 2. The molecule has 1 aliphatic rings. The molecule has 3 rings (SSSR count). The average Bonchev–Trinajstić information content (AvgIpc) is 2.54. The predicted octanol–water partition coefficient (Wildman–Crippen LogP) is 3.60. The fourth-order valence-electron chi connectivity index (χ4n) is 3.07. The number of benzene rings is 1. The van der Waals surface area contributed by atoms with Crippen LogP contribution in [-0.4, -0.2) is 29.0 Å². The van der Waals surface area contributed by atoms with Crippen LogP contribution in [0.4, 0.5) is 11.6 Å². The number of aromatic nitrogens is 2. The van der Waals surface area contributed by atoms with Gasteiger partial charge in [-0.15, -0.1) is 0 Å². The lowest BCUT2D eigenvalue weighted by molar-refractivity contribution is -0.120. The first-order valence-corrected chi connectivity index (χ1v) is 8.53. The van der Waals surface area contributed by atoms with Gasteiger partial charge >= 0.3 is 0 Å². The van der Waals surface area contributed by atoms with Crippen molar-refractivity contribution in [3.8, 4) is 0 Å². The zero-order chi connectivity index (χ0) is 17.1. The SMILES string of the molecule is Cc1cc(C)nc(NC(=O)C2CCN(c3cccc(Cl)c3)CC2)n1. The Bertz CT molecular complexity index is 721. The second-order valence-corrected chi connectivity index (χ2v) is 6.64. The van der Waals surface area contributed by atoms with E-state index >= 15 is 0 Å². The van der Waals surface area contributed by atoms with Gasteiger partial charge in [0.15, 0.2) is 0 Å². The highest BCUT2D eigenvalue weighted by Gasteiger charge is 2.25. The molecule has 0 atom stereocenters. The van der Waals surface area contributed by atoms with Crippen molar-refractivity contribution in [2.75, 3.05) is 23.3 Å². The van der Waals surface area contributed by atoms with Crippen molar-refractivity contribution in [1.82, 2.24) is 9.97 Å². The lowest BCUT2D eigenvalue weighted by Gasteiger charge is -2.33. The summed E-state index contributed by atoms with van der Waals surface area (Å²) >= 11 is 6.05. The maximum Gasteiger partial charge on any atom is 0.229 e. The molecule has 0 aliphatic carbocycles. The summed E-state index contributed by atoms with van der Waals surface area (Å²) in [6.07, 6.45) is 1.62. The van der Waals surface area contributed by atoms with Crippen LogP contribution in [0, 0.1) is 19.8 Å². The number of nitrogens with zero attached hydrogens (tertiary/aromatic N) is 3. The Morgan fingerprint density at radius 2 is 1.83 bits per heavy atom. The molecule has 0 spiro atoms. The number of carbonyl (C=O) groups excluding carboxylic acids is 1. The molecule has 24 heavy (non-hydrogen) atoms. The molecular weight excluding hydrogens is 324 g/mol. The number of amides is 1. The van der Waals surface area contributed by atoms with Crippen LogP contribution in [0.1, 0.15) is 24.2 Å². The third-order valence-electron chi connectivity index (χ3n) is 4.26. The van der Waals surface area contributed by atoms with E-state index in [1.54, 1.807) is 0 Å². The van der Waals surface area contributed by atoms with E-state index in [-0.39, 0.29) is 11.8 Å². The van der Waals surface area contributed by atoms with Crippen molar-refractivity contribution in [2.24, 2.45) is 5.92 Å². The van der Waals surface area contributed by atoms with Crippen LogP contribution in [0.2, 0.25) is 5.02 Å². The fourth-order valence-corrected chi connectivity index (χ4v) is 3.25. The van der Waals surface area contributed by atoms with Gasteiger partial charge in [-0.1, -0.05) is 17.7 Å². The molecule has 1 aromatic carbocycles. The topological polar surface area (TPSA) is 58.1 Å². The Hall–Kier alpha value is -2.14. The monoisotopic (exact) mass is 344 g/mol. The first-order chi connectivity index (χ1) is 11.5. The number of hydrogen-bond donors (Lipinski definition) is 1. The quantitative estimate of drug-likeness (QED) is 0.924. The van der Waals surface area contributed by atoms with E-state index in [0.717, 1.165) is 48.0 Å². The second kappa shape index (κ2) is 7.18. The summed E-state index contributed by atoms with van der Waals surface area (Å²) in [5, 5.41) is 3.59. The Labute approximate surface area is 147 Å². The van der Waals surface area contributed by atoms with E-state index in [9.17, 15) is 4.79 Å². The summed E-state index contributed by atoms with van der Waals surface area (Å²) < 4.78 is 0. The molecule has 0 bridgehead atoms. The minimum Gasteiger partial charge on any atom is -0.371 e. The maximum atomic E-state index is 12.5. The summed E-state index contributed by atoms with van der Waals surface area (Å²) in [4.78, 5) is 23.3. The van der Waals surface area contributed by atoms with Gasteiger partial charge in [-0.25, -0.2) is 9.97 Å². The zero-order valence-electron chi connectivity index (χ0n) is 13.9. The van der Waals surface area contributed by atoms with Gasteiger partial charge in [0, 0.05) is 41.1 Å². The van der Waals surface area contributed by atoms with Gasteiger partial charge in [0.25, 0.3) is 0 Å². The number of hydrogen-bond acceptors (Lipinski definition) is 4. The van der Waals surface area contributed by atoms with E-state index in [1.807, 2.05) is 38.1 Å². The lowest BCUT2D eigenvalue weighted by atomic mass is 9.95. The van der Waals surface area contributed by atoms with Gasteiger partial charge in [0.2, 0.25) is 11.9 Å². The first-order valence-electron chi connectivity index (χ1n) is 8.15. The summed E-state index contributed by atoms with van der Waals surface area (Å²) in [7, 11) is 0. The first kappa shape index (κ1) is 16.7. The molecule has 0 saturated carbocycles. The van der Waals surface area contributed by atoms with Crippen LogP contribution >= 0.6 is 11.6 Å². The van der Waals surface area contributed by atoms with Gasteiger partial charge in [0.1, 0.15) is 0 Å². The molecule has 0 unspecified atom stereocenters. The normalized spacial score (nSPS) is 15.4. The van der Waals surface area contributed by atoms with Crippen LogP contribution in [0.5, 0.6) is 0 Å². The number of halogens is 1. The molecule has 5 nitrogen and oxygen atoms in total. The molecule has 2 heterocycles. The van der Waals surface area contributed by atoms with Crippen LogP contribution in [0.25, 0.3) is 0 Å². The molecule has 1 aliphatic heterocycles. The standard InChI is InChI=1S/C18H21ClN4O/c1-12-10-13(2)21-18(20-12)22-17(24)14-6-8-23(9-7-14)16-5-3-4-15(19)11-16/h3-5,10-11,14H,6-9H2,1-2H3,(H,20,21,22,24). The van der Waals surface area contributed by atoms with Crippen molar-refractivity contribution in [3.05, 3.63) is 46.7 Å².